The Balaban J connectivity index is 1.49. The van der Waals surface area contributed by atoms with Crippen molar-refractivity contribution in [2.45, 2.75) is 35.8 Å². The summed E-state index contributed by atoms with van der Waals surface area (Å²) >= 11 is 6.26. The largest absolute Gasteiger partial charge is 0.508 e. The van der Waals surface area contributed by atoms with Gasteiger partial charge in [-0.2, -0.15) is 0 Å². The summed E-state index contributed by atoms with van der Waals surface area (Å²) in [5.74, 6) is -5.87. The molecule has 0 spiro atoms. The van der Waals surface area contributed by atoms with Crippen molar-refractivity contribution in [3.63, 3.8) is 0 Å². The first kappa shape index (κ1) is 28.0. The molecule has 2 aromatic rings. The average Bonchev–Trinajstić information content (AvgIpc) is 3.16. The molecule has 2 fully saturated rings. The summed E-state index contributed by atoms with van der Waals surface area (Å²) < 4.78 is 77.7. The maximum absolute atomic E-state index is 13.7. The van der Waals surface area contributed by atoms with Gasteiger partial charge in [0.1, 0.15) is 6.61 Å². The topological polar surface area (TPSA) is 98.8 Å². The van der Waals surface area contributed by atoms with Crippen molar-refractivity contribution in [2.75, 3.05) is 18.5 Å². The van der Waals surface area contributed by atoms with E-state index in [-0.39, 0.29) is 52.1 Å². The number of carbonyl (C=O) groups is 2. The summed E-state index contributed by atoms with van der Waals surface area (Å²) in [6.45, 7) is 3.61. The Labute approximate surface area is 222 Å². The number of hydrogen-bond acceptors (Lipinski definition) is 6. The van der Waals surface area contributed by atoms with E-state index >= 15 is 0 Å². The highest BCUT2D eigenvalue weighted by molar-refractivity contribution is 7.92. The highest BCUT2D eigenvalue weighted by Crippen LogP contribution is 2.50. The second-order valence-electron chi connectivity index (χ2n) is 9.46. The van der Waals surface area contributed by atoms with Crippen LogP contribution in [0.25, 0.3) is 0 Å². The van der Waals surface area contributed by atoms with Crippen LogP contribution in [-0.2, 0) is 19.3 Å². The fourth-order valence-electron chi connectivity index (χ4n) is 5.44. The van der Waals surface area contributed by atoms with Crippen LogP contribution in [0.15, 0.2) is 47.9 Å². The van der Waals surface area contributed by atoms with E-state index in [0.29, 0.717) is 37.8 Å². The molecule has 0 aromatic heterocycles. The lowest BCUT2D eigenvalue weighted by Gasteiger charge is -2.34. The summed E-state index contributed by atoms with van der Waals surface area (Å²) in [5.41, 5.74) is -0.441. The van der Waals surface area contributed by atoms with Gasteiger partial charge in [0, 0.05) is 23.4 Å². The molecule has 12 heteroatoms. The van der Waals surface area contributed by atoms with Crippen LogP contribution < -0.4 is 5.32 Å². The molecule has 1 amide bonds. The third-order valence-electron chi connectivity index (χ3n) is 6.97. The lowest BCUT2D eigenvalue weighted by molar-refractivity contribution is 0.0418. The molecule has 1 N–H and O–H groups in total. The minimum Gasteiger partial charge on any atom is -0.434 e. The van der Waals surface area contributed by atoms with E-state index in [1.807, 2.05) is 0 Å². The van der Waals surface area contributed by atoms with Crippen LogP contribution in [-0.4, -0.2) is 38.9 Å². The van der Waals surface area contributed by atoms with Crippen molar-refractivity contribution in [1.82, 2.24) is 0 Å². The van der Waals surface area contributed by atoms with Crippen LogP contribution in [0.4, 0.5) is 23.7 Å². The number of anilines is 1. The van der Waals surface area contributed by atoms with Crippen molar-refractivity contribution >= 4 is 39.2 Å². The second-order valence-corrected chi connectivity index (χ2v) is 11.9. The first-order valence-corrected chi connectivity index (χ1v) is 13.8. The molecule has 0 saturated heterocycles. The minimum atomic E-state index is -3.97. The van der Waals surface area contributed by atoms with Crippen LogP contribution in [0.1, 0.15) is 36.0 Å². The Morgan fingerprint density at radius 3 is 2.29 bits per heavy atom. The molecular weight excluding hydrogens is 547 g/mol. The molecule has 2 saturated carbocycles. The third kappa shape index (κ3) is 5.83. The van der Waals surface area contributed by atoms with E-state index in [9.17, 15) is 31.2 Å². The molecule has 38 heavy (non-hydrogen) atoms. The lowest BCUT2D eigenvalue weighted by atomic mass is 9.81. The van der Waals surface area contributed by atoms with Gasteiger partial charge in [-0.05, 0) is 61.6 Å². The number of sulfone groups is 1. The molecule has 2 aliphatic rings. The highest BCUT2D eigenvalue weighted by atomic mass is 35.5. The number of benzene rings is 2. The Morgan fingerprint density at radius 1 is 1.05 bits per heavy atom. The fraction of sp³-hybridized carbons (Fsp3) is 0.385. The number of halogens is 4. The minimum absolute atomic E-state index is 0.0145. The van der Waals surface area contributed by atoms with Gasteiger partial charge in [-0.25, -0.2) is 26.4 Å². The molecule has 0 heterocycles. The predicted octanol–water partition coefficient (Wildman–Crippen LogP) is 5.93. The predicted molar refractivity (Wildman–Crippen MR) is 133 cm³/mol. The molecule has 2 aliphatic carbocycles. The zero-order valence-electron chi connectivity index (χ0n) is 20.1. The number of carbonyl (C=O) groups excluding carboxylic acids is 2. The molecule has 7 nitrogen and oxygen atoms in total. The van der Waals surface area contributed by atoms with Gasteiger partial charge in [0.25, 0.3) is 5.91 Å². The fourth-order valence-corrected chi connectivity index (χ4v) is 8.31. The summed E-state index contributed by atoms with van der Waals surface area (Å²) in [6, 6.07) is 4.91. The number of rotatable bonds is 8. The number of ether oxygens (including phenoxy) is 2. The van der Waals surface area contributed by atoms with Crippen molar-refractivity contribution in [1.29, 1.82) is 0 Å². The number of hydrogen-bond donors (Lipinski definition) is 1. The summed E-state index contributed by atoms with van der Waals surface area (Å²) in [4.78, 5) is 24.1. The number of fused-ring (bicyclic) bond motifs is 2. The Morgan fingerprint density at radius 2 is 1.68 bits per heavy atom. The number of amides is 1. The van der Waals surface area contributed by atoms with Crippen molar-refractivity contribution in [3.05, 3.63) is 71.0 Å². The molecule has 0 radical (unpaired) electrons. The van der Waals surface area contributed by atoms with E-state index in [2.05, 4.69) is 11.9 Å². The maximum Gasteiger partial charge on any atom is 0.508 e. The monoisotopic (exact) mass is 571 g/mol. The first-order valence-electron chi connectivity index (χ1n) is 11.9. The van der Waals surface area contributed by atoms with E-state index in [4.69, 9.17) is 21.1 Å². The van der Waals surface area contributed by atoms with Gasteiger partial charge in [-0.1, -0.05) is 24.3 Å². The molecule has 2 bridgehead atoms. The highest BCUT2D eigenvalue weighted by Gasteiger charge is 2.50. The van der Waals surface area contributed by atoms with E-state index in [0.717, 1.165) is 6.07 Å². The molecule has 204 valence electrons. The van der Waals surface area contributed by atoms with Gasteiger partial charge in [0.2, 0.25) is 0 Å². The zero-order chi connectivity index (χ0) is 27.6. The van der Waals surface area contributed by atoms with Crippen LogP contribution in [0.3, 0.4) is 0 Å². The van der Waals surface area contributed by atoms with Gasteiger partial charge < -0.3 is 14.8 Å². The zero-order valence-corrected chi connectivity index (χ0v) is 21.7. The van der Waals surface area contributed by atoms with Gasteiger partial charge >= 0.3 is 6.16 Å². The van der Waals surface area contributed by atoms with E-state index in [1.165, 1.54) is 18.2 Å². The lowest BCUT2D eigenvalue weighted by Crippen LogP contribution is -2.38. The smallest absolute Gasteiger partial charge is 0.434 e. The number of nitrogens with one attached hydrogen (secondary N) is 1. The molecule has 4 atom stereocenters. The van der Waals surface area contributed by atoms with Gasteiger partial charge in [0.05, 0.1) is 21.8 Å². The molecule has 4 rings (SSSR count). The Bertz CT molecular complexity index is 1330. The molecular formula is C26H25ClF3NO6S. The molecule has 2 aromatic carbocycles. The Hall–Kier alpha value is -3.05. The van der Waals surface area contributed by atoms with Crippen LogP contribution in [0, 0.1) is 35.2 Å². The SMILES string of the molecule is C=CCOC(=O)OC[C@@H]1CC2CC[C@@H](C1)C2S(=O)(=O)c1cc(C(=O)Nc2cc(F)c(F)c(F)c2)ccc1Cl. The normalized spacial score (nSPS) is 22.5. The van der Waals surface area contributed by atoms with Crippen molar-refractivity contribution < 1.29 is 40.7 Å². The van der Waals surface area contributed by atoms with Gasteiger partial charge in [-0.15, -0.1) is 0 Å². The van der Waals surface area contributed by atoms with Crippen molar-refractivity contribution in [2.24, 2.45) is 17.8 Å². The quantitative estimate of drug-likeness (QED) is 0.240. The van der Waals surface area contributed by atoms with Crippen LogP contribution in [0.5, 0.6) is 0 Å². The third-order valence-corrected chi connectivity index (χ3v) is 9.84. The molecule has 0 aliphatic heterocycles. The summed E-state index contributed by atoms with van der Waals surface area (Å²) in [7, 11) is -3.97. The standard InChI is InChI=1S/C26H25ClF3NO6S/c1-2-7-36-26(33)37-13-14-8-15-3-4-16(9-14)24(15)38(34,35)22-10-17(5-6-19(22)27)25(32)31-18-11-20(28)23(30)21(29)12-18/h2,5-6,10-12,14-16,24H,1,3-4,7-9,13H2,(H,31,32)/t14-,15-,16?,24?/m0/s1. The summed E-state index contributed by atoms with van der Waals surface area (Å²) in [5, 5.41) is 1.46. The summed E-state index contributed by atoms with van der Waals surface area (Å²) in [6.07, 6.45) is 3.06. The second kappa shape index (κ2) is 11.4. The van der Waals surface area contributed by atoms with Crippen molar-refractivity contribution in [3.8, 4) is 0 Å². The van der Waals surface area contributed by atoms with E-state index in [1.54, 1.807) is 0 Å². The molecule has 2 unspecified atom stereocenters. The maximum atomic E-state index is 13.7. The Kier molecular flexibility index (Phi) is 8.37. The van der Waals surface area contributed by atoms with E-state index < -0.39 is 44.6 Å². The van der Waals surface area contributed by atoms with Gasteiger partial charge in [-0.3, -0.25) is 4.79 Å². The van der Waals surface area contributed by atoms with Gasteiger partial charge in [0.15, 0.2) is 27.3 Å². The average molecular weight is 572 g/mol. The van der Waals surface area contributed by atoms with Crippen LogP contribution in [0.2, 0.25) is 5.02 Å². The van der Waals surface area contributed by atoms with Crippen LogP contribution >= 0.6 is 11.6 Å². The first-order chi connectivity index (χ1) is 18.0.